The maximum absolute atomic E-state index is 12.5. The van der Waals surface area contributed by atoms with Crippen LogP contribution in [0.2, 0.25) is 0 Å². The minimum atomic E-state index is -4.54. The van der Waals surface area contributed by atoms with E-state index in [1.54, 1.807) is 19.9 Å². The molecule has 0 unspecified atom stereocenters. The average Bonchev–Trinajstić information content (AvgIpc) is 2.37. The number of halogens is 3. The number of hydrogen-bond acceptors (Lipinski definition) is 3. The first-order valence-corrected chi connectivity index (χ1v) is 5.74. The smallest absolute Gasteiger partial charge is 0.329 e. The Labute approximate surface area is 114 Å². The normalized spacial score (nSPS) is 11.8. The number of nitriles is 1. The van der Waals surface area contributed by atoms with Crippen molar-refractivity contribution >= 4 is 11.6 Å². The maximum Gasteiger partial charge on any atom is 0.416 e. The van der Waals surface area contributed by atoms with Crippen molar-refractivity contribution in [2.75, 3.05) is 11.9 Å². The molecule has 1 rings (SSSR count). The summed E-state index contributed by atoms with van der Waals surface area (Å²) in [6.07, 6.45) is -4.54. The SMILES string of the molecule is CC(C)(CN)C(=O)Nc1ccc(C(F)(F)F)cc1C#N. The van der Waals surface area contributed by atoms with Gasteiger partial charge in [-0.25, -0.2) is 0 Å². The third-order valence-corrected chi connectivity index (χ3v) is 2.84. The molecule has 3 N–H and O–H groups in total. The van der Waals surface area contributed by atoms with Gasteiger partial charge in [0, 0.05) is 6.54 Å². The van der Waals surface area contributed by atoms with Gasteiger partial charge in [0.2, 0.25) is 5.91 Å². The van der Waals surface area contributed by atoms with E-state index >= 15 is 0 Å². The number of rotatable bonds is 3. The molecule has 0 aromatic heterocycles. The molecule has 0 fully saturated rings. The highest BCUT2D eigenvalue weighted by Crippen LogP contribution is 2.32. The Bertz CT molecular complexity index is 559. The number of nitrogens with one attached hydrogen (secondary N) is 1. The van der Waals surface area contributed by atoms with E-state index < -0.39 is 23.1 Å². The van der Waals surface area contributed by atoms with Gasteiger partial charge in [-0.3, -0.25) is 4.79 Å². The minimum Gasteiger partial charge on any atom is -0.329 e. The fourth-order valence-corrected chi connectivity index (χ4v) is 1.31. The number of benzene rings is 1. The van der Waals surface area contributed by atoms with E-state index in [0.717, 1.165) is 12.1 Å². The van der Waals surface area contributed by atoms with Crippen LogP contribution >= 0.6 is 0 Å². The fraction of sp³-hybridized carbons (Fsp3) is 0.385. The van der Waals surface area contributed by atoms with Crippen LogP contribution in [0.15, 0.2) is 18.2 Å². The van der Waals surface area contributed by atoms with Crippen molar-refractivity contribution < 1.29 is 18.0 Å². The Hall–Kier alpha value is -2.07. The lowest BCUT2D eigenvalue weighted by Gasteiger charge is -2.21. The highest BCUT2D eigenvalue weighted by Gasteiger charge is 2.32. The fourth-order valence-electron chi connectivity index (χ4n) is 1.31. The van der Waals surface area contributed by atoms with Crippen LogP contribution in [-0.2, 0) is 11.0 Å². The Morgan fingerprint density at radius 3 is 2.45 bits per heavy atom. The lowest BCUT2D eigenvalue weighted by molar-refractivity contribution is -0.137. The van der Waals surface area contributed by atoms with Crippen molar-refractivity contribution in [1.29, 1.82) is 5.26 Å². The number of alkyl halides is 3. The molecule has 20 heavy (non-hydrogen) atoms. The largest absolute Gasteiger partial charge is 0.416 e. The molecule has 0 heterocycles. The van der Waals surface area contributed by atoms with Crippen molar-refractivity contribution in [2.45, 2.75) is 20.0 Å². The van der Waals surface area contributed by atoms with E-state index in [9.17, 15) is 18.0 Å². The van der Waals surface area contributed by atoms with Crippen LogP contribution in [0, 0.1) is 16.7 Å². The zero-order valence-electron chi connectivity index (χ0n) is 11.0. The third kappa shape index (κ3) is 3.48. The van der Waals surface area contributed by atoms with E-state index in [0.29, 0.717) is 6.07 Å². The number of nitrogens with two attached hydrogens (primary N) is 1. The lowest BCUT2D eigenvalue weighted by Crippen LogP contribution is -2.37. The van der Waals surface area contributed by atoms with Crippen molar-refractivity contribution in [1.82, 2.24) is 0 Å². The van der Waals surface area contributed by atoms with Gasteiger partial charge in [0.25, 0.3) is 0 Å². The van der Waals surface area contributed by atoms with Gasteiger partial charge >= 0.3 is 6.18 Å². The molecule has 4 nitrogen and oxygen atoms in total. The molecule has 0 bridgehead atoms. The molecule has 1 amide bonds. The first-order chi connectivity index (χ1) is 9.11. The molecule has 7 heteroatoms. The standard InChI is InChI=1S/C13H14F3N3O/c1-12(2,7-18)11(20)19-10-4-3-9(13(14,15)16)5-8(10)6-17/h3-5H,7,18H2,1-2H3,(H,19,20). The monoisotopic (exact) mass is 285 g/mol. The van der Waals surface area contributed by atoms with Crippen molar-refractivity contribution in [3.05, 3.63) is 29.3 Å². The Morgan fingerprint density at radius 1 is 1.40 bits per heavy atom. The van der Waals surface area contributed by atoms with Crippen LogP contribution in [0.4, 0.5) is 18.9 Å². The van der Waals surface area contributed by atoms with Crippen LogP contribution in [-0.4, -0.2) is 12.5 Å². The molecule has 1 aromatic carbocycles. The quantitative estimate of drug-likeness (QED) is 0.895. The van der Waals surface area contributed by atoms with E-state index in [2.05, 4.69) is 5.32 Å². The molecule has 0 spiro atoms. The van der Waals surface area contributed by atoms with Crippen LogP contribution in [0.3, 0.4) is 0 Å². The summed E-state index contributed by atoms with van der Waals surface area (Å²) in [6.45, 7) is 3.26. The van der Waals surface area contributed by atoms with Gasteiger partial charge in [-0.2, -0.15) is 18.4 Å². The lowest BCUT2D eigenvalue weighted by atomic mass is 9.92. The van der Waals surface area contributed by atoms with E-state index in [4.69, 9.17) is 11.0 Å². The summed E-state index contributed by atoms with van der Waals surface area (Å²) in [6, 6.07) is 4.21. The zero-order chi connectivity index (χ0) is 15.6. The van der Waals surface area contributed by atoms with Crippen LogP contribution in [0.25, 0.3) is 0 Å². The molecule has 0 radical (unpaired) electrons. The first kappa shape index (κ1) is 16.0. The Morgan fingerprint density at radius 2 is 2.00 bits per heavy atom. The van der Waals surface area contributed by atoms with Crippen molar-refractivity contribution in [3.8, 4) is 6.07 Å². The van der Waals surface area contributed by atoms with E-state index in [1.165, 1.54) is 0 Å². The van der Waals surface area contributed by atoms with Crippen LogP contribution in [0.1, 0.15) is 25.0 Å². The summed E-state index contributed by atoms with van der Waals surface area (Å²) < 4.78 is 37.6. The second-order valence-corrected chi connectivity index (χ2v) is 4.91. The van der Waals surface area contributed by atoms with Gasteiger partial charge in [-0.15, -0.1) is 0 Å². The van der Waals surface area contributed by atoms with E-state index in [1.807, 2.05) is 0 Å². The number of carbonyl (C=O) groups excluding carboxylic acids is 1. The summed E-state index contributed by atoms with van der Waals surface area (Å²) in [5.74, 6) is -0.462. The summed E-state index contributed by atoms with van der Waals surface area (Å²) in [5, 5.41) is 11.3. The molecule has 0 saturated carbocycles. The zero-order valence-corrected chi connectivity index (χ0v) is 11.0. The summed E-state index contributed by atoms with van der Waals surface area (Å²) >= 11 is 0. The number of anilines is 1. The Balaban J connectivity index is 3.10. The predicted molar refractivity (Wildman–Crippen MR) is 67.6 cm³/mol. The molecular weight excluding hydrogens is 271 g/mol. The summed E-state index contributed by atoms with van der Waals surface area (Å²) in [4.78, 5) is 11.9. The third-order valence-electron chi connectivity index (χ3n) is 2.84. The van der Waals surface area contributed by atoms with Gasteiger partial charge in [0.1, 0.15) is 6.07 Å². The van der Waals surface area contributed by atoms with Crippen LogP contribution < -0.4 is 11.1 Å². The molecule has 108 valence electrons. The highest BCUT2D eigenvalue weighted by molar-refractivity contribution is 5.96. The molecule has 0 atom stereocenters. The van der Waals surface area contributed by atoms with Gasteiger partial charge in [-0.05, 0) is 32.0 Å². The number of hydrogen-bond donors (Lipinski definition) is 2. The van der Waals surface area contributed by atoms with Gasteiger partial charge in [0.15, 0.2) is 0 Å². The van der Waals surface area contributed by atoms with Crippen molar-refractivity contribution in [2.24, 2.45) is 11.1 Å². The molecule has 0 aliphatic carbocycles. The van der Waals surface area contributed by atoms with Crippen LogP contribution in [0.5, 0.6) is 0 Å². The molecule has 0 aliphatic heterocycles. The second-order valence-electron chi connectivity index (χ2n) is 4.91. The topological polar surface area (TPSA) is 78.9 Å². The Kier molecular flexibility index (Phi) is 4.40. The molecule has 0 saturated heterocycles. The maximum atomic E-state index is 12.5. The number of nitrogens with zero attached hydrogens (tertiary/aromatic N) is 1. The average molecular weight is 285 g/mol. The predicted octanol–water partition coefficient (Wildman–Crippen LogP) is 2.50. The van der Waals surface area contributed by atoms with E-state index in [-0.39, 0.29) is 17.8 Å². The number of amides is 1. The van der Waals surface area contributed by atoms with Gasteiger partial charge in [-0.1, -0.05) is 0 Å². The summed E-state index contributed by atoms with van der Waals surface area (Å²) in [7, 11) is 0. The minimum absolute atomic E-state index is 0.0343. The van der Waals surface area contributed by atoms with Gasteiger partial charge < -0.3 is 11.1 Å². The number of carbonyl (C=O) groups is 1. The molecular formula is C13H14F3N3O. The van der Waals surface area contributed by atoms with Crippen molar-refractivity contribution in [3.63, 3.8) is 0 Å². The first-order valence-electron chi connectivity index (χ1n) is 5.74. The highest BCUT2D eigenvalue weighted by atomic mass is 19.4. The molecule has 0 aliphatic rings. The van der Waals surface area contributed by atoms with Gasteiger partial charge in [0.05, 0.1) is 22.2 Å². The summed E-state index contributed by atoms with van der Waals surface area (Å²) in [5.41, 5.74) is 3.40. The molecule has 1 aromatic rings. The second kappa shape index (κ2) is 5.51.